The molecule has 0 unspecified atom stereocenters. The van der Waals surface area contributed by atoms with Crippen LogP contribution in [0.1, 0.15) is 37.9 Å². The third kappa shape index (κ3) is 5.99. The number of carbonyl (C=O) groups excluding carboxylic acids is 1. The third-order valence-corrected chi connectivity index (χ3v) is 5.67. The predicted molar refractivity (Wildman–Crippen MR) is 123 cm³/mol. The first-order chi connectivity index (χ1) is 14.5. The van der Waals surface area contributed by atoms with Gasteiger partial charge in [-0.3, -0.25) is 9.69 Å². The molecule has 162 valence electrons. The number of nitrogens with zero attached hydrogens (tertiary/aromatic N) is 2. The number of hydrogen-bond acceptors (Lipinski definition) is 4. The van der Waals surface area contributed by atoms with Crippen molar-refractivity contribution < 1.29 is 9.53 Å². The first kappa shape index (κ1) is 22.2. The highest BCUT2D eigenvalue weighted by Gasteiger charge is 2.21. The highest BCUT2D eigenvalue weighted by Crippen LogP contribution is 2.28. The Morgan fingerprint density at radius 3 is 2.30 bits per heavy atom. The van der Waals surface area contributed by atoms with Crippen molar-refractivity contribution in [2.24, 2.45) is 5.92 Å². The Morgan fingerprint density at radius 2 is 1.67 bits per heavy atom. The summed E-state index contributed by atoms with van der Waals surface area (Å²) in [6.45, 7) is 10.5. The van der Waals surface area contributed by atoms with Crippen molar-refractivity contribution in [2.45, 2.75) is 33.2 Å². The highest BCUT2D eigenvalue weighted by atomic mass is 16.5. The van der Waals surface area contributed by atoms with E-state index in [2.05, 4.69) is 66.2 Å². The fourth-order valence-corrected chi connectivity index (χ4v) is 4.03. The maximum Gasteiger partial charge on any atom is 0.234 e. The molecule has 1 N–H and O–H groups in total. The number of benzene rings is 2. The number of ether oxygens (including phenoxy) is 1. The molecule has 30 heavy (non-hydrogen) atoms. The van der Waals surface area contributed by atoms with Crippen molar-refractivity contribution in [3.05, 3.63) is 59.7 Å². The predicted octanol–water partition coefficient (Wildman–Crippen LogP) is 3.89. The Bertz CT molecular complexity index is 811. The van der Waals surface area contributed by atoms with Gasteiger partial charge in [-0.05, 0) is 42.5 Å². The monoisotopic (exact) mass is 409 g/mol. The van der Waals surface area contributed by atoms with Crippen molar-refractivity contribution in [1.82, 2.24) is 10.2 Å². The van der Waals surface area contributed by atoms with Gasteiger partial charge >= 0.3 is 0 Å². The second kappa shape index (κ2) is 10.5. The number of rotatable bonds is 8. The lowest BCUT2D eigenvalue weighted by molar-refractivity contribution is -0.123. The van der Waals surface area contributed by atoms with Gasteiger partial charge in [-0.2, -0.15) is 0 Å². The molecular formula is C25H35N3O2. The van der Waals surface area contributed by atoms with Gasteiger partial charge in [-0.25, -0.2) is 0 Å². The van der Waals surface area contributed by atoms with Gasteiger partial charge in [0.15, 0.2) is 0 Å². The van der Waals surface area contributed by atoms with Crippen molar-refractivity contribution >= 4 is 11.6 Å². The second-order valence-corrected chi connectivity index (χ2v) is 8.56. The summed E-state index contributed by atoms with van der Waals surface area (Å²) in [6, 6.07) is 16.7. The number of nitrogens with one attached hydrogen (secondary N) is 1. The van der Waals surface area contributed by atoms with Crippen LogP contribution in [0.3, 0.4) is 0 Å². The van der Waals surface area contributed by atoms with Crippen LogP contribution < -0.4 is 15.0 Å². The molecule has 5 nitrogen and oxygen atoms in total. The van der Waals surface area contributed by atoms with Crippen LogP contribution in [0.15, 0.2) is 48.5 Å². The van der Waals surface area contributed by atoms with Crippen LogP contribution in [0.25, 0.3) is 0 Å². The van der Waals surface area contributed by atoms with Crippen LogP contribution in [-0.2, 0) is 11.2 Å². The number of hydrogen-bond donors (Lipinski definition) is 1. The summed E-state index contributed by atoms with van der Waals surface area (Å²) in [5.41, 5.74) is 3.62. The molecule has 2 aromatic carbocycles. The largest absolute Gasteiger partial charge is 0.495 e. The summed E-state index contributed by atoms with van der Waals surface area (Å²) in [5.74, 6) is 1.63. The van der Waals surface area contributed by atoms with Gasteiger partial charge in [-0.15, -0.1) is 0 Å². The molecule has 2 aromatic rings. The Morgan fingerprint density at radius 1 is 1.00 bits per heavy atom. The summed E-state index contributed by atoms with van der Waals surface area (Å²) in [4.78, 5) is 17.1. The molecule has 0 radical (unpaired) electrons. The van der Waals surface area contributed by atoms with E-state index in [9.17, 15) is 4.79 Å². The molecule has 0 aromatic heterocycles. The molecule has 1 amide bonds. The van der Waals surface area contributed by atoms with Crippen LogP contribution in [-0.4, -0.2) is 50.6 Å². The molecule has 0 saturated carbocycles. The van der Waals surface area contributed by atoms with E-state index in [4.69, 9.17) is 4.74 Å². The first-order valence-corrected chi connectivity index (χ1v) is 10.9. The molecule has 5 heteroatoms. The average molecular weight is 410 g/mol. The molecule has 3 rings (SSSR count). The van der Waals surface area contributed by atoms with Gasteiger partial charge < -0.3 is 15.0 Å². The zero-order chi connectivity index (χ0) is 21.5. The Balaban J connectivity index is 1.46. The Labute approximate surface area is 181 Å². The molecule has 1 saturated heterocycles. The third-order valence-electron chi connectivity index (χ3n) is 5.67. The fourth-order valence-electron chi connectivity index (χ4n) is 4.03. The minimum atomic E-state index is 0.0143. The van der Waals surface area contributed by atoms with E-state index in [1.165, 1.54) is 5.56 Å². The maximum atomic E-state index is 12.6. The highest BCUT2D eigenvalue weighted by molar-refractivity contribution is 5.78. The topological polar surface area (TPSA) is 44.8 Å². The summed E-state index contributed by atoms with van der Waals surface area (Å²) < 4.78 is 5.48. The lowest BCUT2D eigenvalue weighted by atomic mass is 10.00. The molecular weight excluding hydrogens is 374 g/mol. The van der Waals surface area contributed by atoms with Gasteiger partial charge in [0.1, 0.15) is 5.75 Å². The first-order valence-electron chi connectivity index (χ1n) is 10.9. The zero-order valence-corrected chi connectivity index (χ0v) is 18.7. The molecule has 1 aliphatic rings. The quantitative estimate of drug-likeness (QED) is 0.718. The molecule has 0 bridgehead atoms. The van der Waals surface area contributed by atoms with E-state index >= 15 is 0 Å². The van der Waals surface area contributed by atoms with E-state index in [0.717, 1.165) is 49.6 Å². The van der Waals surface area contributed by atoms with Gasteiger partial charge in [0.25, 0.3) is 0 Å². The van der Waals surface area contributed by atoms with Gasteiger partial charge in [-0.1, -0.05) is 50.2 Å². The number of para-hydroxylation sites is 2. The second-order valence-electron chi connectivity index (χ2n) is 8.56. The molecule has 1 atom stereocenters. The number of methoxy groups -OCH3 is 1. The zero-order valence-electron chi connectivity index (χ0n) is 18.7. The van der Waals surface area contributed by atoms with E-state index < -0.39 is 0 Å². The summed E-state index contributed by atoms with van der Waals surface area (Å²) in [5, 5.41) is 3.15. The number of amides is 1. The van der Waals surface area contributed by atoms with Gasteiger partial charge in [0, 0.05) is 26.2 Å². The van der Waals surface area contributed by atoms with E-state index in [-0.39, 0.29) is 11.9 Å². The summed E-state index contributed by atoms with van der Waals surface area (Å²) in [7, 11) is 1.71. The molecule has 0 aliphatic carbocycles. The van der Waals surface area contributed by atoms with Gasteiger partial charge in [0.2, 0.25) is 5.91 Å². The van der Waals surface area contributed by atoms with E-state index in [0.29, 0.717) is 12.5 Å². The lowest BCUT2D eigenvalue weighted by Crippen LogP contribution is -2.49. The molecule has 1 aliphatic heterocycles. The van der Waals surface area contributed by atoms with Gasteiger partial charge in [0.05, 0.1) is 25.4 Å². The SMILES string of the molecule is COc1ccccc1N1CCN(CC(=O)N[C@@H](C)c2ccc(CC(C)C)cc2)CC1. The van der Waals surface area contributed by atoms with E-state index in [1.54, 1.807) is 7.11 Å². The van der Waals surface area contributed by atoms with Crippen LogP contribution >= 0.6 is 0 Å². The van der Waals surface area contributed by atoms with Crippen molar-refractivity contribution in [1.29, 1.82) is 0 Å². The van der Waals surface area contributed by atoms with Crippen LogP contribution in [0.2, 0.25) is 0 Å². The summed E-state index contributed by atoms with van der Waals surface area (Å²) >= 11 is 0. The molecule has 1 heterocycles. The molecule has 1 fully saturated rings. The normalized spacial score (nSPS) is 15.8. The number of anilines is 1. The van der Waals surface area contributed by atoms with E-state index in [1.807, 2.05) is 18.2 Å². The van der Waals surface area contributed by atoms with Crippen LogP contribution in [0.4, 0.5) is 5.69 Å². The smallest absolute Gasteiger partial charge is 0.234 e. The standard InChI is InChI=1S/C25H35N3O2/c1-19(2)17-21-9-11-22(12-10-21)20(3)26-25(29)18-27-13-15-28(16-14-27)23-7-5-6-8-24(23)30-4/h5-12,19-20H,13-18H2,1-4H3,(H,26,29)/t20-/m0/s1. The number of piperazine rings is 1. The van der Waals surface area contributed by atoms with Crippen molar-refractivity contribution in [2.75, 3.05) is 44.7 Å². The maximum absolute atomic E-state index is 12.6. The van der Waals surface area contributed by atoms with Crippen LogP contribution in [0, 0.1) is 5.92 Å². The molecule has 0 spiro atoms. The van der Waals surface area contributed by atoms with Crippen molar-refractivity contribution in [3.8, 4) is 5.75 Å². The fraction of sp³-hybridized carbons (Fsp3) is 0.480. The lowest BCUT2D eigenvalue weighted by Gasteiger charge is -2.36. The van der Waals surface area contributed by atoms with Crippen LogP contribution in [0.5, 0.6) is 5.75 Å². The minimum absolute atomic E-state index is 0.0143. The number of carbonyl (C=O) groups is 1. The summed E-state index contributed by atoms with van der Waals surface area (Å²) in [6.07, 6.45) is 1.09. The van der Waals surface area contributed by atoms with Crippen molar-refractivity contribution in [3.63, 3.8) is 0 Å². The Kier molecular flexibility index (Phi) is 7.75. The Hall–Kier alpha value is -2.53. The average Bonchev–Trinajstić information content (AvgIpc) is 2.74. The minimum Gasteiger partial charge on any atom is -0.495 e.